The molecule has 0 N–H and O–H groups in total. The molecule has 0 aliphatic heterocycles. The highest BCUT2D eigenvalue weighted by Crippen LogP contribution is 2.42. The predicted molar refractivity (Wildman–Crippen MR) is 104 cm³/mol. The third kappa shape index (κ3) is 3.96. The number of rotatable bonds is 0. The van der Waals surface area contributed by atoms with E-state index < -0.39 is 34.3 Å². The van der Waals surface area contributed by atoms with E-state index in [2.05, 4.69) is 9.97 Å². The Kier molecular flexibility index (Phi) is 4.88. The van der Waals surface area contributed by atoms with Crippen molar-refractivity contribution in [2.24, 2.45) is 0 Å². The predicted octanol–water partition coefficient (Wildman–Crippen LogP) is 7.42. The van der Waals surface area contributed by atoms with Crippen LogP contribution in [0.5, 0.6) is 0 Å². The maximum Gasteiger partial charge on any atom is 0.417 e. The van der Waals surface area contributed by atoms with E-state index in [9.17, 15) is 26.3 Å². The zero-order valence-corrected chi connectivity index (χ0v) is 17.5. The number of pyridine rings is 2. The second-order valence-electron chi connectivity index (χ2n) is 9.46. The van der Waals surface area contributed by atoms with Crippen molar-refractivity contribution >= 4 is 21.8 Å². The first-order chi connectivity index (χ1) is 13.4. The van der Waals surface area contributed by atoms with E-state index in [1.165, 1.54) is 0 Å². The van der Waals surface area contributed by atoms with Gasteiger partial charge in [0.05, 0.1) is 22.2 Å². The van der Waals surface area contributed by atoms with Crippen molar-refractivity contribution in [2.45, 2.75) is 64.7 Å². The first-order valence-corrected chi connectivity index (χ1v) is 9.34. The molecule has 0 amide bonds. The van der Waals surface area contributed by atoms with E-state index in [1.807, 2.05) is 0 Å². The summed E-state index contributed by atoms with van der Waals surface area (Å²) in [6.07, 6.45) is -9.38. The zero-order chi connectivity index (χ0) is 22.9. The molecule has 0 saturated carbocycles. The van der Waals surface area contributed by atoms with Crippen LogP contribution < -0.4 is 0 Å². The van der Waals surface area contributed by atoms with Crippen LogP contribution in [-0.4, -0.2) is 9.97 Å². The summed E-state index contributed by atoms with van der Waals surface area (Å²) in [5, 5.41) is -0.538. The van der Waals surface area contributed by atoms with E-state index in [0.717, 1.165) is 24.3 Å². The van der Waals surface area contributed by atoms with Crippen molar-refractivity contribution in [3.05, 3.63) is 46.8 Å². The lowest BCUT2D eigenvalue weighted by molar-refractivity contribution is -0.137. The van der Waals surface area contributed by atoms with Crippen LogP contribution in [0.3, 0.4) is 0 Å². The fraction of sp³-hybridized carbons (Fsp3) is 0.455. The average molecular weight is 428 g/mol. The van der Waals surface area contributed by atoms with Crippen molar-refractivity contribution < 1.29 is 26.3 Å². The summed E-state index contributed by atoms with van der Waals surface area (Å²) in [7, 11) is 0. The summed E-state index contributed by atoms with van der Waals surface area (Å²) in [4.78, 5) is 8.73. The van der Waals surface area contributed by atoms with Gasteiger partial charge >= 0.3 is 12.4 Å². The van der Waals surface area contributed by atoms with Crippen LogP contribution in [0.1, 0.15) is 64.1 Å². The highest BCUT2D eigenvalue weighted by molar-refractivity contribution is 6.05. The van der Waals surface area contributed by atoms with Gasteiger partial charge in [-0.3, -0.25) is 0 Å². The first-order valence-electron chi connectivity index (χ1n) is 9.34. The lowest BCUT2D eigenvalue weighted by atomic mass is 9.88. The van der Waals surface area contributed by atoms with Crippen LogP contribution in [-0.2, 0) is 23.2 Å². The molecule has 8 heteroatoms. The van der Waals surface area contributed by atoms with Crippen molar-refractivity contribution in [1.82, 2.24) is 9.97 Å². The molecule has 0 bridgehead atoms. The number of nitrogens with zero attached hydrogens (tertiary/aromatic N) is 2. The topological polar surface area (TPSA) is 25.8 Å². The largest absolute Gasteiger partial charge is 0.417 e. The maximum atomic E-state index is 13.8. The lowest BCUT2D eigenvalue weighted by Crippen LogP contribution is -2.18. The Morgan fingerprint density at radius 1 is 0.567 bits per heavy atom. The lowest BCUT2D eigenvalue weighted by Gasteiger charge is -2.23. The molecule has 0 radical (unpaired) electrons. The summed E-state index contributed by atoms with van der Waals surface area (Å²) in [5.41, 5.74) is -3.45. The highest BCUT2D eigenvalue weighted by atomic mass is 19.4. The zero-order valence-electron chi connectivity index (χ0n) is 17.5. The highest BCUT2D eigenvalue weighted by Gasteiger charge is 2.38. The number of halogens is 6. The van der Waals surface area contributed by atoms with Crippen LogP contribution in [0.25, 0.3) is 21.8 Å². The Balaban J connectivity index is 2.60. The monoisotopic (exact) mass is 428 g/mol. The van der Waals surface area contributed by atoms with Crippen molar-refractivity contribution in [3.8, 4) is 0 Å². The summed E-state index contributed by atoms with van der Waals surface area (Å²) >= 11 is 0. The van der Waals surface area contributed by atoms with Gasteiger partial charge in [0.2, 0.25) is 0 Å². The molecule has 162 valence electrons. The minimum absolute atomic E-state index is 0.131. The summed E-state index contributed by atoms with van der Waals surface area (Å²) < 4.78 is 82.8. The van der Waals surface area contributed by atoms with Crippen LogP contribution in [0.15, 0.2) is 24.3 Å². The van der Waals surface area contributed by atoms with Gasteiger partial charge in [0.15, 0.2) is 0 Å². The molecule has 0 aliphatic rings. The molecular weight excluding hydrogens is 406 g/mol. The number of hydrogen-bond acceptors (Lipinski definition) is 2. The average Bonchev–Trinajstić information content (AvgIpc) is 2.56. The minimum Gasteiger partial charge on any atom is -0.250 e. The SMILES string of the molecule is CC(C)(C)c1cc(C(F)(F)F)c2ccc3c(C(F)(F)F)cc(C(C)(C)C)nc3c2n1. The Morgan fingerprint density at radius 3 is 1.10 bits per heavy atom. The van der Waals surface area contributed by atoms with Gasteiger partial charge in [-0.15, -0.1) is 0 Å². The Labute approximate surface area is 170 Å². The van der Waals surface area contributed by atoms with E-state index in [1.54, 1.807) is 41.5 Å². The Bertz CT molecular complexity index is 1040. The molecule has 30 heavy (non-hydrogen) atoms. The number of benzene rings is 1. The summed E-state index contributed by atoms with van der Waals surface area (Å²) in [6.45, 7) is 10.2. The Hall–Kier alpha value is -2.38. The van der Waals surface area contributed by atoms with Gasteiger partial charge in [-0.2, -0.15) is 26.3 Å². The summed E-state index contributed by atoms with van der Waals surface area (Å²) in [5.74, 6) is 0. The maximum absolute atomic E-state index is 13.8. The van der Waals surface area contributed by atoms with Crippen molar-refractivity contribution in [3.63, 3.8) is 0 Å². The number of alkyl halides is 6. The Morgan fingerprint density at radius 2 is 0.867 bits per heavy atom. The van der Waals surface area contributed by atoms with Gasteiger partial charge in [-0.25, -0.2) is 9.97 Å². The van der Waals surface area contributed by atoms with Crippen molar-refractivity contribution in [1.29, 1.82) is 0 Å². The van der Waals surface area contributed by atoms with E-state index in [0.29, 0.717) is 0 Å². The van der Waals surface area contributed by atoms with Gasteiger partial charge in [-0.05, 0) is 12.1 Å². The number of fused-ring (bicyclic) bond motifs is 3. The fourth-order valence-corrected chi connectivity index (χ4v) is 3.21. The molecule has 0 fully saturated rings. The second-order valence-corrected chi connectivity index (χ2v) is 9.46. The molecule has 1 aromatic carbocycles. The smallest absolute Gasteiger partial charge is 0.250 e. The fourth-order valence-electron chi connectivity index (χ4n) is 3.21. The molecule has 2 aromatic heterocycles. The van der Waals surface area contributed by atoms with Gasteiger partial charge in [0.25, 0.3) is 0 Å². The summed E-state index contributed by atoms with van der Waals surface area (Å²) in [6, 6.07) is 4.03. The molecule has 0 aliphatic carbocycles. The van der Waals surface area contributed by atoms with Crippen LogP contribution >= 0.6 is 0 Å². The molecule has 3 aromatic rings. The molecule has 2 nitrogen and oxygen atoms in total. The van der Waals surface area contributed by atoms with Gasteiger partial charge in [0, 0.05) is 33.0 Å². The molecule has 0 atom stereocenters. The number of aromatic nitrogens is 2. The standard InChI is InChI=1S/C22H22F6N2/c1-19(2,3)15-9-13(21(23,24)25)11-7-8-12-14(22(26,27)28)10-16(20(4,5)6)30-18(12)17(11)29-15/h7-10H,1-6H3. The van der Waals surface area contributed by atoms with Crippen LogP contribution in [0, 0.1) is 0 Å². The van der Waals surface area contributed by atoms with Crippen LogP contribution in [0.4, 0.5) is 26.3 Å². The van der Waals surface area contributed by atoms with E-state index in [-0.39, 0.29) is 33.2 Å². The van der Waals surface area contributed by atoms with Gasteiger partial charge < -0.3 is 0 Å². The molecule has 0 saturated heterocycles. The van der Waals surface area contributed by atoms with E-state index in [4.69, 9.17) is 0 Å². The number of hydrogen-bond donors (Lipinski definition) is 0. The second kappa shape index (κ2) is 6.56. The first kappa shape index (κ1) is 22.3. The third-order valence-corrected chi connectivity index (χ3v) is 4.91. The molecule has 0 unspecified atom stereocenters. The third-order valence-electron chi connectivity index (χ3n) is 4.91. The molecular formula is C22H22F6N2. The molecule has 0 spiro atoms. The van der Waals surface area contributed by atoms with Crippen LogP contribution in [0.2, 0.25) is 0 Å². The molecule has 3 rings (SSSR count). The quantitative estimate of drug-likeness (QED) is 0.275. The normalized spacial score (nSPS) is 14.0. The molecule has 2 heterocycles. The van der Waals surface area contributed by atoms with E-state index >= 15 is 0 Å². The minimum atomic E-state index is -4.69. The van der Waals surface area contributed by atoms with Gasteiger partial charge in [-0.1, -0.05) is 53.7 Å². The van der Waals surface area contributed by atoms with Crippen molar-refractivity contribution in [2.75, 3.05) is 0 Å². The van der Waals surface area contributed by atoms with Gasteiger partial charge in [0.1, 0.15) is 0 Å².